The van der Waals surface area contributed by atoms with Crippen LogP contribution in [0.3, 0.4) is 0 Å². The van der Waals surface area contributed by atoms with Gasteiger partial charge < -0.3 is 4.42 Å². The Balaban J connectivity index is 1.06. The molecule has 1 unspecified atom stereocenters. The summed E-state index contributed by atoms with van der Waals surface area (Å²) in [6.07, 6.45) is 0. The van der Waals surface area contributed by atoms with Gasteiger partial charge in [-0.1, -0.05) is 176 Å². The summed E-state index contributed by atoms with van der Waals surface area (Å²) >= 11 is 0. The van der Waals surface area contributed by atoms with E-state index < -0.39 is 0 Å². The fourth-order valence-electron chi connectivity index (χ4n) is 9.77. The molecule has 0 aliphatic heterocycles. The highest BCUT2D eigenvalue weighted by atomic mass is 16.3. The third kappa shape index (κ3) is 5.08. The van der Waals surface area contributed by atoms with Crippen molar-refractivity contribution in [2.24, 2.45) is 0 Å². The Morgan fingerprint density at radius 1 is 0.407 bits per heavy atom. The van der Waals surface area contributed by atoms with Crippen molar-refractivity contribution in [1.82, 2.24) is 9.97 Å². The van der Waals surface area contributed by atoms with E-state index in [9.17, 15) is 0 Å². The van der Waals surface area contributed by atoms with E-state index in [1.165, 1.54) is 49.4 Å². The van der Waals surface area contributed by atoms with Crippen LogP contribution in [0.2, 0.25) is 0 Å². The van der Waals surface area contributed by atoms with Crippen LogP contribution >= 0.6 is 0 Å². The quantitative estimate of drug-likeness (QED) is 0.176. The van der Waals surface area contributed by atoms with Crippen molar-refractivity contribution < 1.29 is 4.42 Å². The minimum Gasteiger partial charge on any atom is -0.456 e. The van der Waals surface area contributed by atoms with Crippen LogP contribution in [0.1, 0.15) is 23.6 Å². The van der Waals surface area contributed by atoms with Crippen LogP contribution in [0.4, 0.5) is 0 Å². The second-order valence-electron chi connectivity index (χ2n) is 15.8. The number of rotatable bonds is 5. The number of hydrogen-bond donors (Lipinski definition) is 0. The van der Waals surface area contributed by atoms with Gasteiger partial charge in [0.25, 0.3) is 0 Å². The maximum Gasteiger partial charge on any atom is 0.160 e. The zero-order chi connectivity index (χ0) is 39.1. The Morgan fingerprint density at radius 2 is 1.03 bits per heavy atom. The molecule has 12 rings (SSSR count). The second kappa shape index (κ2) is 13.0. The number of benzene rings is 9. The number of hydrogen-bond acceptors (Lipinski definition) is 3. The molecule has 0 saturated carbocycles. The molecule has 9 aromatic carbocycles. The van der Waals surface area contributed by atoms with Gasteiger partial charge in [-0.15, -0.1) is 0 Å². The largest absolute Gasteiger partial charge is 0.456 e. The van der Waals surface area contributed by atoms with Crippen molar-refractivity contribution >= 4 is 43.5 Å². The Morgan fingerprint density at radius 3 is 1.90 bits per heavy atom. The Labute approximate surface area is 341 Å². The lowest BCUT2D eigenvalue weighted by atomic mass is 9.74. The van der Waals surface area contributed by atoms with Gasteiger partial charge in [0.2, 0.25) is 0 Å². The summed E-state index contributed by atoms with van der Waals surface area (Å²) in [6.45, 7) is 2.36. The molecule has 0 radical (unpaired) electrons. The van der Waals surface area contributed by atoms with Gasteiger partial charge in [0, 0.05) is 32.9 Å². The maximum absolute atomic E-state index is 6.66. The highest BCUT2D eigenvalue weighted by molar-refractivity contribution is 6.28. The van der Waals surface area contributed by atoms with E-state index in [4.69, 9.17) is 14.4 Å². The summed E-state index contributed by atoms with van der Waals surface area (Å²) in [5.41, 5.74) is 14.9. The van der Waals surface area contributed by atoms with Gasteiger partial charge in [0.15, 0.2) is 5.82 Å². The molecule has 3 nitrogen and oxygen atoms in total. The Hall–Kier alpha value is -7.62. The maximum atomic E-state index is 6.66. The molecular formula is C56H36N2O. The van der Waals surface area contributed by atoms with Crippen molar-refractivity contribution in [2.75, 3.05) is 0 Å². The van der Waals surface area contributed by atoms with Gasteiger partial charge in [-0.3, -0.25) is 0 Å². The Bertz CT molecular complexity index is 3460. The van der Waals surface area contributed by atoms with E-state index in [-0.39, 0.29) is 5.41 Å². The lowest BCUT2D eigenvalue weighted by molar-refractivity contribution is 0.669. The molecule has 0 fully saturated rings. The van der Waals surface area contributed by atoms with Crippen molar-refractivity contribution in [3.63, 3.8) is 0 Å². The van der Waals surface area contributed by atoms with Gasteiger partial charge >= 0.3 is 0 Å². The predicted octanol–water partition coefficient (Wildman–Crippen LogP) is 14.7. The van der Waals surface area contributed by atoms with E-state index in [1.807, 2.05) is 6.07 Å². The van der Waals surface area contributed by atoms with Crippen molar-refractivity contribution in [2.45, 2.75) is 12.3 Å². The molecule has 59 heavy (non-hydrogen) atoms. The van der Waals surface area contributed by atoms with Crippen LogP contribution in [0.25, 0.3) is 99.6 Å². The fraction of sp³-hybridized carbons (Fsp3) is 0.0357. The highest BCUT2D eigenvalue weighted by Gasteiger charge is 2.41. The Kier molecular flexibility index (Phi) is 7.36. The van der Waals surface area contributed by atoms with E-state index in [1.54, 1.807) is 0 Å². The van der Waals surface area contributed by atoms with E-state index >= 15 is 0 Å². The second-order valence-corrected chi connectivity index (χ2v) is 15.8. The molecule has 1 aliphatic rings. The van der Waals surface area contributed by atoms with E-state index in [0.29, 0.717) is 5.82 Å². The number of furan rings is 1. The van der Waals surface area contributed by atoms with Gasteiger partial charge in [-0.2, -0.15) is 0 Å². The summed E-state index contributed by atoms with van der Waals surface area (Å²) in [7, 11) is 0. The minimum atomic E-state index is -0.313. The summed E-state index contributed by atoms with van der Waals surface area (Å²) in [5.74, 6) is 0.694. The first-order valence-corrected chi connectivity index (χ1v) is 20.2. The topological polar surface area (TPSA) is 38.9 Å². The monoisotopic (exact) mass is 752 g/mol. The summed E-state index contributed by atoms with van der Waals surface area (Å²) in [5, 5.41) is 7.08. The zero-order valence-electron chi connectivity index (χ0n) is 32.4. The summed E-state index contributed by atoms with van der Waals surface area (Å²) < 4.78 is 6.66. The van der Waals surface area contributed by atoms with Crippen LogP contribution in [0.5, 0.6) is 0 Å². The molecule has 0 amide bonds. The smallest absolute Gasteiger partial charge is 0.160 e. The standard InChI is InChI=1S/C56H36N2O/c1-56(39-21-6-3-7-22-39)46-28-13-12-26-43(46)52-44(27-15-29-47(52)56)49-34-48(57-55(58-49)36-17-4-2-5-18-36)38-20-14-19-37(32-38)45-33-51-54(42-25-11-10-24-41(42)45)53-40-23-9-8-16-35(40)30-31-50(53)59-51/h2-34H,1H3. The average Bonchev–Trinajstić information content (AvgIpc) is 3.83. The molecule has 0 N–H and O–H groups in total. The van der Waals surface area contributed by atoms with Crippen molar-refractivity contribution in [1.29, 1.82) is 0 Å². The third-order valence-corrected chi connectivity index (χ3v) is 12.6. The molecule has 11 aromatic rings. The number of nitrogens with zero attached hydrogens (tertiary/aromatic N) is 2. The van der Waals surface area contributed by atoms with Crippen LogP contribution in [0, 0.1) is 0 Å². The molecule has 2 heterocycles. The zero-order valence-corrected chi connectivity index (χ0v) is 32.4. The lowest BCUT2D eigenvalue weighted by Gasteiger charge is -2.28. The first-order valence-electron chi connectivity index (χ1n) is 20.2. The van der Waals surface area contributed by atoms with Crippen LogP contribution in [0.15, 0.2) is 205 Å². The van der Waals surface area contributed by atoms with Crippen LogP contribution in [-0.4, -0.2) is 9.97 Å². The minimum absolute atomic E-state index is 0.313. The van der Waals surface area contributed by atoms with Gasteiger partial charge in [0.05, 0.1) is 11.4 Å². The molecule has 3 heteroatoms. The van der Waals surface area contributed by atoms with Gasteiger partial charge in [-0.25, -0.2) is 9.97 Å². The van der Waals surface area contributed by atoms with Crippen LogP contribution < -0.4 is 0 Å². The highest BCUT2D eigenvalue weighted by Crippen LogP contribution is 2.55. The van der Waals surface area contributed by atoms with Gasteiger partial charge in [-0.05, 0) is 91.7 Å². The molecule has 1 aliphatic carbocycles. The fourth-order valence-corrected chi connectivity index (χ4v) is 9.77. The van der Waals surface area contributed by atoms with Crippen LogP contribution in [-0.2, 0) is 5.41 Å². The number of aromatic nitrogens is 2. The molecule has 276 valence electrons. The molecule has 2 aromatic heterocycles. The van der Waals surface area contributed by atoms with Gasteiger partial charge in [0.1, 0.15) is 11.2 Å². The summed E-state index contributed by atoms with van der Waals surface area (Å²) in [6, 6.07) is 71.5. The molecule has 1 atom stereocenters. The SMILES string of the molecule is CC1(c2ccccc2)c2ccccc2-c2c(-c3cc(-c4cccc(-c5cc6oc7ccc8ccccc8c7c6c6ccccc56)c4)nc(-c4ccccc4)n3)cccc21. The molecular weight excluding hydrogens is 717 g/mol. The predicted molar refractivity (Wildman–Crippen MR) is 243 cm³/mol. The molecule has 0 spiro atoms. The van der Waals surface area contributed by atoms with E-state index in [0.717, 1.165) is 61.1 Å². The van der Waals surface area contributed by atoms with Crippen molar-refractivity contribution in [3.8, 4) is 56.2 Å². The molecule has 0 bridgehead atoms. The average molecular weight is 753 g/mol. The molecule has 0 saturated heterocycles. The first kappa shape index (κ1) is 33.5. The van der Waals surface area contributed by atoms with Crippen molar-refractivity contribution in [3.05, 3.63) is 217 Å². The first-order chi connectivity index (χ1) is 29.1. The third-order valence-electron chi connectivity index (χ3n) is 12.6. The van der Waals surface area contributed by atoms with E-state index in [2.05, 4.69) is 201 Å². The lowest BCUT2D eigenvalue weighted by Crippen LogP contribution is -2.22. The normalized spacial score (nSPS) is 14.6. The summed E-state index contributed by atoms with van der Waals surface area (Å²) in [4.78, 5) is 10.6. The number of fused-ring (bicyclic) bond motifs is 10.